The van der Waals surface area contributed by atoms with Gasteiger partial charge in [-0.05, 0) is 25.7 Å². The summed E-state index contributed by atoms with van der Waals surface area (Å²) < 4.78 is 4.48. The van der Waals surface area contributed by atoms with E-state index in [-0.39, 0.29) is 6.42 Å². The van der Waals surface area contributed by atoms with Crippen LogP contribution in [0.2, 0.25) is 0 Å². The maximum Gasteiger partial charge on any atom is 0.256 e. The summed E-state index contributed by atoms with van der Waals surface area (Å²) >= 11 is 0. The van der Waals surface area contributed by atoms with Gasteiger partial charge in [-0.1, -0.05) is 20.3 Å². The maximum absolute atomic E-state index is 10.4. The highest BCUT2D eigenvalue weighted by Gasteiger charge is 2.15. The van der Waals surface area contributed by atoms with Gasteiger partial charge < -0.3 is 9.90 Å². The molecule has 102 valence electrons. The molecule has 0 saturated carbocycles. The molecule has 18 heavy (non-hydrogen) atoms. The minimum Gasteiger partial charge on any atom is -0.550 e. The third-order valence-electron chi connectivity index (χ3n) is 3.10. The molecule has 0 aliphatic carbocycles. The highest BCUT2D eigenvalue weighted by molar-refractivity contribution is 5.63. The predicted molar refractivity (Wildman–Crippen MR) is 67.8 cm³/mol. The van der Waals surface area contributed by atoms with Crippen LogP contribution < -0.4 is 9.67 Å². The van der Waals surface area contributed by atoms with Crippen LogP contribution in [0.15, 0.2) is 12.4 Å². The molecule has 0 aliphatic rings. The molecule has 0 spiro atoms. The van der Waals surface area contributed by atoms with Gasteiger partial charge in [0.15, 0.2) is 0 Å². The van der Waals surface area contributed by atoms with E-state index in [1.54, 1.807) is 0 Å². The molecule has 0 saturated heterocycles. The molecule has 1 heterocycles. The lowest BCUT2D eigenvalue weighted by atomic mass is 10.2. The summed E-state index contributed by atoms with van der Waals surface area (Å²) in [5, 5.41) is 10.4. The molecule has 1 rings (SSSR count). The Bertz CT molecular complexity index is 372. The lowest BCUT2D eigenvalue weighted by molar-refractivity contribution is -0.704. The van der Waals surface area contributed by atoms with Crippen LogP contribution >= 0.6 is 0 Å². The van der Waals surface area contributed by atoms with Crippen molar-refractivity contribution in [2.45, 2.75) is 65.5 Å². The Labute approximate surface area is 109 Å². The fourth-order valence-electron chi connectivity index (χ4n) is 2.14. The maximum atomic E-state index is 10.4. The molecular formula is C14H24N2O2. The largest absolute Gasteiger partial charge is 0.550 e. The third kappa shape index (κ3) is 4.51. The second-order valence-electron chi connectivity index (χ2n) is 4.68. The molecule has 0 aromatic carbocycles. The molecule has 0 N–H and O–H groups in total. The summed E-state index contributed by atoms with van der Waals surface area (Å²) in [6, 6.07) is 0. The zero-order valence-corrected chi connectivity index (χ0v) is 11.5. The summed E-state index contributed by atoms with van der Waals surface area (Å²) in [7, 11) is 0. The van der Waals surface area contributed by atoms with Crippen molar-refractivity contribution in [3.63, 3.8) is 0 Å². The molecule has 0 amide bonds. The topological polar surface area (TPSA) is 48.9 Å². The molecule has 0 bridgehead atoms. The van der Waals surface area contributed by atoms with Gasteiger partial charge in [-0.25, -0.2) is 9.13 Å². The van der Waals surface area contributed by atoms with E-state index >= 15 is 0 Å². The van der Waals surface area contributed by atoms with E-state index in [0.717, 1.165) is 25.9 Å². The van der Waals surface area contributed by atoms with Crippen LogP contribution in [0.1, 0.15) is 51.8 Å². The van der Waals surface area contributed by atoms with Crippen LogP contribution in [0, 0.1) is 0 Å². The minimum absolute atomic E-state index is 0.138. The van der Waals surface area contributed by atoms with Crippen molar-refractivity contribution in [3.8, 4) is 0 Å². The Morgan fingerprint density at radius 2 is 2.11 bits per heavy atom. The van der Waals surface area contributed by atoms with E-state index in [4.69, 9.17) is 0 Å². The number of imidazole rings is 1. The molecule has 4 nitrogen and oxygen atoms in total. The number of aliphatic carboxylic acids is 1. The Morgan fingerprint density at radius 3 is 2.72 bits per heavy atom. The summed E-state index contributed by atoms with van der Waals surface area (Å²) in [5.41, 5.74) is 0. The van der Waals surface area contributed by atoms with Crippen molar-refractivity contribution in [1.82, 2.24) is 4.57 Å². The normalized spacial score (nSPS) is 10.8. The first-order valence-corrected chi connectivity index (χ1v) is 6.96. The highest BCUT2D eigenvalue weighted by Crippen LogP contribution is 2.03. The lowest BCUT2D eigenvalue weighted by Crippen LogP contribution is -2.38. The van der Waals surface area contributed by atoms with Gasteiger partial charge >= 0.3 is 0 Å². The van der Waals surface area contributed by atoms with Crippen molar-refractivity contribution in [3.05, 3.63) is 18.2 Å². The van der Waals surface area contributed by atoms with Crippen molar-refractivity contribution >= 4 is 5.97 Å². The Morgan fingerprint density at radius 1 is 1.33 bits per heavy atom. The van der Waals surface area contributed by atoms with Crippen molar-refractivity contribution in [2.24, 2.45) is 0 Å². The van der Waals surface area contributed by atoms with Crippen LogP contribution in [-0.4, -0.2) is 10.5 Å². The first kappa shape index (κ1) is 14.7. The number of hydrogen-bond acceptors (Lipinski definition) is 2. The highest BCUT2D eigenvalue weighted by atomic mass is 16.4. The minimum atomic E-state index is -0.960. The number of nitrogens with zero attached hydrogens (tertiary/aromatic N) is 2. The van der Waals surface area contributed by atoms with Gasteiger partial charge in [-0.3, -0.25) is 0 Å². The van der Waals surface area contributed by atoms with E-state index in [9.17, 15) is 9.90 Å². The van der Waals surface area contributed by atoms with Gasteiger partial charge in [-0.2, -0.15) is 0 Å². The number of carbonyl (C=O) groups is 1. The van der Waals surface area contributed by atoms with Crippen LogP contribution in [0.5, 0.6) is 0 Å². The van der Waals surface area contributed by atoms with E-state index in [1.165, 1.54) is 18.7 Å². The van der Waals surface area contributed by atoms with E-state index in [2.05, 4.69) is 35.4 Å². The fourth-order valence-corrected chi connectivity index (χ4v) is 2.14. The lowest BCUT2D eigenvalue weighted by Gasteiger charge is -2.05. The molecule has 0 aliphatic heterocycles. The molecule has 0 fully saturated rings. The first-order chi connectivity index (χ1) is 8.69. The quantitative estimate of drug-likeness (QED) is 0.617. The molecule has 0 radical (unpaired) electrons. The Hall–Kier alpha value is -1.32. The molecule has 0 atom stereocenters. The number of hydrogen-bond donors (Lipinski definition) is 0. The number of carboxylic acids is 1. The Balaban J connectivity index is 2.64. The average Bonchev–Trinajstić information content (AvgIpc) is 2.70. The molecule has 1 aromatic rings. The van der Waals surface area contributed by atoms with Crippen LogP contribution in [-0.2, 0) is 24.3 Å². The Kier molecular flexibility index (Phi) is 6.47. The second kappa shape index (κ2) is 7.90. The van der Waals surface area contributed by atoms with Gasteiger partial charge in [0.25, 0.3) is 5.82 Å². The van der Waals surface area contributed by atoms with Crippen molar-refractivity contribution < 1.29 is 14.5 Å². The molecule has 1 aromatic heterocycles. The molecule has 0 unspecified atom stereocenters. The van der Waals surface area contributed by atoms with Gasteiger partial charge in [0.1, 0.15) is 12.4 Å². The SMILES string of the molecule is CCCCn1cc[n+](CCCC(=O)[O-])c1CCC. The van der Waals surface area contributed by atoms with Crippen LogP contribution in [0.25, 0.3) is 0 Å². The summed E-state index contributed by atoms with van der Waals surface area (Å²) in [4.78, 5) is 10.4. The van der Waals surface area contributed by atoms with E-state index in [1.807, 2.05) is 0 Å². The first-order valence-electron chi connectivity index (χ1n) is 6.96. The predicted octanol–water partition coefficient (Wildman–Crippen LogP) is 1.06. The van der Waals surface area contributed by atoms with Crippen molar-refractivity contribution in [1.29, 1.82) is 0 Å². The van der Waals surface area contributed by atoms with Gasteiger partial charge in [0, 0.05) is 12.4 Å². The van der Waals surface area contributed by atoms with E-state index < -0.39 is 5.97 Å². The number of unbranched alkanes of at least 4 members (excludes halogenated alkanes) is 1. The molecular weight excluding hydrogens is 228 g/mol. The number of aromatic nitrogens is 2. The zero-order chi connectivity index (χ0) is 13.4. The summed E-state index contributed by atoms with van der Waals surface area (Å²) in [5.74, 6) is 0.349. The fraction of sp³-hybridized carbons (Fsp3) is 0.714. The number of rotatable bonds is 9. The van der Waals surface area contributed by atoms with Crippen LogP contribution in [0.3, 0.4) is 0 Å². The number of carboxylic acid groups (broad SMARTS) is 1. The van der Waals surface area contributed by atoms with E-state index in [0.29, 0.717) is 6.42 Å². The van der Waals surface area contributed by atoms with Crippen LogP contribution in [0.4, 0.5) is 0 Å². The van der Waals surface area contributed by atoms with Gasteiger partial charge in [0.2, 0.25) is 0 Å². The van der Waals surface area contributed by atoms with Crippen molar-refractivity contribution in [2.75, 3.05) is 0 Å². The number of aryl methyl sites for hydroxylation is 2. The zero-order valence-electron chi connectivity index (χ0n) is 11.5. The standard InChI is InChI=1S/C14H24N2O2/c1-3-5-9-15-11-12-16(13(15)7-4-2)10-6-8-14(17)18/h11-12H,3-10H2,1-2H3. The summed E-state index contributed by atoms with van der Waals surface area (Å²) in [6.45, 7) is 6.18. The average molecular weight is 252 g/mol. The second-order valence-corrected chi connectivity index (χ2v) is 4.68. The smallest absolute Gasteiger partial charge is 0.256 e. The summed E-state index contributed by atoms with van der Waals surface area (Å²) in [6.07, 6.45) is 9.48. The monoisotopic (exact) mass is 252 g/mol. The third-order valence-corrected chi connectivity index (χ3v) is 3.10. The van der Waals surface area contributed by atoms with Gasteiger partial charge in [0.05, 0.1) is 13.1 Å². The molecule has 4 heteroatoms. The van der Waals surface area contributed by atoms with Gasteiger partial charge in [-0.15, -0.1) is 0 Å². The number of carbonyl (C=O) groups excluding carboxylic acids is 1.